The Kier molecular flexibility index (Phi) is 4.13. The Morgan fingerprint density at radius 1 is 1.19 bits per heavy atom. The number of benzene rings is 1. The van der Waals surface area contributed by atoms with Crippen molar-refractivity contribution in [1.82, 2.24) is 0 Å². The molecule has 0 aliphatic rings. The lowest BCUT2D eigenvalue weighted by Gasteiger charge is -2.13. The molecule has 0 heterocycles. The summed E-state index contributed by atoms with van der Waals surface area (Å²) in [6, 6.07) is 3.22. The molecule has 1 aromatic rings. The number of carbonyl (C=O) groups is 1. The predicted octanol–water partition coefficient (Wildman–Crippen LogP) is 0.854. The van der Waals surface area contributed by atoms with E-state index in [0.717, 1.165) is 0 Å². The smallest absolute Gasteiger partial charge is 0.180 e. The summed E-state index contributed by atoms with van der Waals surface area (Å²) in [7, 11) is 4.48. The molecule has 5 nitrogen and oxygen atoms in total. The monoisotopic (exact) mass is 225 g/mol. The van der Waals surface area contributed by atoms with E-state index in [9.17, 15) is 4.79 Å². The van der Waals surface area contributed by atoms with E-state index in [-0.39, 0.29) is 12.3 Å². The Labute approximate surface area is 94.1 Å². The number of hydrogen-bond donors (Lipinski definition) is 1. The first-order valence-corrected chi connectivity index (χ1v) is 4.71. The standard InChI is InChI=1S/C11H15NO4/c1-14-7-4-8(9(13)6-12)11(16-3)10(5-7)15-2/h4-5H,6,12H2,1-3H3. The van der Waals surface area contributed by atoms with Crippen LogP contribution in [0.15, 0.2) is 12.1 Å². The van der Waals surface area contributed by atoms with Crippen molar-refractivity contribution in [2.45, 2.75) is 0 Å². The van der Waals surface area contributed by atoms with Crippen LogP contribution in [0.2, 0.25) is 0 Å². The van der Waals surface area contributed by atoms with Gasteiger partial charge in [-0.1, -0.05) is 0 Å². The Morgan fingerprint density at radius 2 is 1.88 bits per heavy atom. The maximum absolute atomic E-state index is 11.6. The lowest BCUT2D eigenvalue weighted by atomic mass is 10.1. The van der Waals surface area contributed by atoms with Gasteiger partial charge >= 0.3 is 0 Å². The van der Waals surface area contributed by atoms with Crippen molar-refractivity contribution in [3.05, 3.63) is 17.7 Å². The van der Waals surface area contributed by atoms with E-state index in [4.69, 9.17) is 19.9 Å². The van der Waals surface area contributed by atoms with E-state index in [0.29, 0.717) is 22.8 Å². The summed E-state index contributed by atoms with van der Waals surface area (Å²) < 4.78 is 15.3. The van der Waals surface area contributed by atoms with Crippen molar-refractivity contribution in [3.8, 4) is 17.2 Å². The largest absolute Gasteiger partial charge is 0.497 e. The van der Waals surface area contributed by atoms with E-state index >= 15 is 0 Å². The first-order chi connectivity index (χ1) is 7.67. The SMILES string of the molecule is COc1cc(OC)c(OC)c(C(=O)CN)c1. The van der Waals surface area contributed by atoms with Gasteiger partial charge in [-0.25, -0.2) is 0 Å². The highest BCUT2D eigenvalue weighted by Gasteiger charge is 2.17. The fourth-order valence-electron chi connectivity index (χ4n) is 1.37. The summed E-state index contributed by atoms with van der Waals surface area (Å²) in [5.74, 6) is 1.11. The molecule has 1 aromatic carbocycles. The number of nitrogens with two attached hydrogens (primary N) is 1. The molecule has 0 aliphatic carbocycles. The Bertz CT molecular complexity index is 390. The van der Waals surface area contributed by atoms with Crippen molar-refractivity contribution in [3.63, 3.8) is 0 Å². The second-order valence-electron chi connectivity index (χ2n) is 3.04. The van der Waals surface area contributed by atoms with Crippen molar-refractivity contribution in [2.24, 2.45) is 5.73 Å². The van der Waals surface area contributed by atoms with E-state index in [1.165, 1.54) is 21.3 Å². The van der Waals surface area contributed by atoms with Gasteiger partial charge in [-0.3, -0.25) is 4.79 Å². The normalized spacial score (nSPS) is 9.75. The van der Waals surface area contributed by atoms with Gasteiger partial charge in [0.25, 0.3) is 0 Å². The molecular weight excluding hydrogens is 210 g/mol. The molecule has 0 amide bonds. The molecule has 16 heavy (non-hydrogen) atoms. The topological polar surface area (TPSA) is 70.8 Å². The third-order valence-electron chi connectivity index (χ3n) is 2.17. The average molecular weight is 225 g/mol. The van der Waals surface area contributed by atoms with Crippen LogP contribution in [0.5, 0.6) is 17.2 Å². The summed E-state index contributed by atoms with van der Waals surface area (Å²) in [4.78, 5) is 11.6. The highest BCUT2D eigenvalue weighted by atomic mass is 16.5. The Morgan fingerprint density at radius 3 is 2.31 bits per heavy atom. The van der Waals surface area contributed by atoms with Crippen LogP contribution < -0.4 is 19.9 Å². The first kappa shape index (κ1) is 12.3. The molecule has 0 bridgehead atoms. The number of ketones is 1. The molecule has 0 saturated carbocycles. The van der Waals surface area contributed by atoms with Gasteiger partial charge < -0.3 is 19.9 Å². The molecule has 2 N–H and O–H groups in total. The van der Waals surface area contributed by atoms with Gasteiger partial charge in [-0.2, -0.15) is 0 Å². The maximum atomic E-state index is 11.6. The van der Waals surface area contributed by atoms with Gasteiger partial charge in [0.2, 0.25) is 0 Å². The van der Waals surface area contributed by atoms with Crippen LogP contribution in [-0.2, 0) is 0 Å². The second-order valence-corrected chi connectivity index (χ2v) is 3.04. The van der Waals surface area contributed by atoms with Gasteiger partial charge in [0, 0.05) is 6.07 Å². The number of ether oxygens (including phenoxy) is 3. The number of Topliss-reactive ketones (excluding diaryl/α,β-unsaturated/α-hetero) is 1. The molecule has 1 rings (SSSR count). The fourth-order valence-corrected chi connectivity index (χ4v) is 1.37. The zero-order valence-corrected chi connectivity index (χ0v) is 9.57. The highest BCUT2D eigenvalue weighted by Crippen LogP contribution is 2.35. The van der Waals surface area contributed by atoms with Crippen LogP contribution in [0.1, 0.15) is 10.4 Å². The predicted molar refractivity (Wildman–Crippen MR) is 59.5 cm³/mol. The molecule has 0 unspecified atom stereocenters. The molecule has 0 spiro atoms. The minimum atomic E-state index is -0.228. The van der Waals surface area contributed by atoms with Gasteiger partial charge in [0.15, 0.2) is 17.3 Å². The van der Waals surface area contributed by atoms with Crippen LogP contribution in [0, 0.1) is 0 Å². The molecule has 0 radical (unpaired) electrons. The summed E-state index contributed by atoms with van der Waals surface area (Å²) in [6.07, 6.45) is 0. The highest BCUT2D eigenvalue weighted by molar-refractivity contribution is 6.01. The fraction of sp³-hybridized carbons (Fsp3) is 0.364. The quantitative estimate of drug-likeness (QED) is 0.752. The van der Waals surface area contributed by atoms with E-state index in [1.807, 2.05) is 0 Å². The molecule has 0 aromatic heterocycles. The summed E-state index contributed by atoms with van der Waals surface area (Å²) in [5, 5.41) is 0. The van der Waals surface area contributed by atoms with E-state index in [1.54, 1.807) is 12.1 Å². The van der Waals surface area contributed by atoms with Gasteiger partial charge in [0.1, 0.15) is 5.75 Å². The van der Waals surface area contributed by atoms with Crippen LogP contribution in [-0.4, -0.2) is 33.7 Å². The Balaban J connectivity index is 3.36. The lowest BCUT2D eigenvalue weighted by Crippen LogP contribution is -2.15. The lowest BCUT2D eigenvalue weighted by molar-refractivity contribution is 0.0997. The summed E-state index contributed by atoms with van der Waals surface area (Å²) >= 11 is 0. The third kappa shape index (κ3) is 2.25. The number of rotatable bonds is 5. The molecule has 0 atom stereocenters. The van der Waals surface area contributed by atoms with E-state index in [2.05, 4.69) is 0 Å². The van der Waals surface area contributed by atoms with E-state index < -0.39 is 0 Å². The van der Waals surface area contributed by atoms with Crippen molar-refractivity contribution >= 4 is 5.78 Å². The molecule has 5 heteroatoms. The first-order valence-electron chi connectivity index (χ1n) is 4.71. The molecular formula is C11H15NO4. The minimum absolute atomic E-state index is 0.0906. The van der Waals surface area contributed by atoms with Gasteiger partial charge in [-0.15, -0.1) is 0 Å². The van der Waals surface area contributed by atoms with Gasteiger partial charge in [-0.05, 0) is 6.07 Å². The van der Waals surface area contributed by atoms with Crippen LogP contribution in [0.3, 0.4) is 0 Å². The molecule has 0 fully saturated rings. The molecule has 0 aliphatic heterocycles. The number of methoxy groups -OCH3 is 3. The van der Waals surface area contributed by atoms with Crippen molar-refractivity contribution in [2.75, 3.05) is 27.9 Å². The van der Waals surface area contributed by atoms with Crippen LogP contribution >= 0.6 is 0 Å². The zero-order chi connectivity index (χ0) is 12.1. The van der Waals surface area contributed by atoms with Gasteiger partial charge in [0.05, 0.1) is 33.4 Å². The number of carbonyl (C=O) groups excluding carboxylic acids is 1. The average Bonchev–Trinajstić information content (AvgIpc) is 2.35. The molecule has 88 valence electrons. The van der Waals surface area contributed by atoms with Crippen LogP contribution in [0.25, 0.3) is 0 Å². The third-order valence-corrected chi connectivity index (χ3v) is 2.17. The summed E-state index contributed by atoms with van der Waals surface area (Å²) in [6.45, 7) is -0.0906. The summed E-state index contributed by atoms with van der Waals surface area (Å²) in [5.41, 5.74) is 5.69. The second kappa shape index (κ2) is 5.37. The minimum Gasteiger partial charge on any atom is -0.497 e. The Hall–Kier alpha value is -1.75. The van der Waals surface area contributed by atoms with Crippen LogP contribution in [0.4, 0.5) is 0 Å². The van der Waals surface area contributed by atoms with Crippen molar-refractivity contribution < 1.29 is 19.0 Å². The van der Waals surface area contributed by atoms with Crippen molar-refractivity contribution in [1.29, 1.82) is 0 Å². The zero-order valence-electron chi connectivity index (χ0n) is 9.57. The number of hydrogen-bond acceptors (Lipinski definition) is 5. The molecule has 0 saturated heterocycles. The maximum Gasteiger partial charge on any atom is 0.180 e.